The summed E-state index contributed by atoms with van der Waals surface area (Å²) in [5, 5.41) is 2.94. The fourth-order valence-electron chi connectivity index (χ4n) is 1.25. The lowest BCUT2D eigenvalue weighted by Crippen LogP contribution is -2.31. The zero-order valence-corrected chi connectivity index (χ0v) is 13.5. The highest BCUT2D eigenvalue weighted by molar-refractivity contribution is 8.77. The van der Waals surface area contributed by atoms with E-state index in [2.05, 4.69) is 26.1 Å². The van der Waals surface area contributed by atoms with Crippen molar-refractivity contribution in [2.75, 3.05) is 5.75 Å². The minimum atomic E-state index is 0.173. The van der Waals surface area contributed by atoms with Crippen LogP contribution < -0.4 is 5.32 Å². The molecule has 0 bridgehead atoms. The smallest absolute Gasteiger partial charge is 0.220 e. The molecule has 0 saturated heterocycles. The van der Waals surface area contributed by atoms with Gasteiger partial charge in [0.2, 0.25) is 5.91 Å². The number of carbonyl (C=O) groups is 1. The summed E-state index contributed by atoms with van der Waals surface area (Å²) in [5.41, 5.74) is 0. The van der Waals surface area contributed by atoms with Crippen LogP contribution in [-0.2, 0) is 4.79 Å². The van der Waals surface area contributed by atoms with Gasteiger partial charge in [0.25, 0.3) is 0 Å². The van der Waals surface area contributed by atoms with Crippen molar-refractivity contribution in [3.8, 4) is 0 Å². The lowest BCUT2D eigenvalue weighted by Gasteiger charge is -2.23. The number of carbonyl (C=O) groups excluding carboxylic acids is 1. The van der Waals surface area contributed by atoms with Crippen molar-refractivity contribution in [2.45, 2.75) is 71.1 Å². The van der Waals surface area contributed by atoms with Crippen LogP contribution in [0.3, 0.4) is 0 Å². The van der Waals surface area contributed by atoms with Gasteiger partial charge in [0.05, 0.1) is 0 Å². The van der Waals surface area contributed by atoms with E-state index < -0.39 is 0 Å². The van der Waals surface area contributed by atoms with Crippen LogP contribution in [0.4, 0.5) is 0 Å². The van der Waals surface area contributed by atoms with Gasteiger partial charge in [0.1, 0.15) is 0 Å². The van der Waals surface area contributed by atoms with Crippen molar-refractivity contribution in [2.24, 2.45) is 0 Å². The predicted octanol–water partition coefficient (Wildman–Crippen LogP) is 4.25. The molecule has 4 heteroatoms. The Kier molecular flexibility index (Phi) is 9.24. The fraction of sp³-hybridized carbons (Fsp3) is 0.923. The van der Waals surface area contributed by atoms with Crippen LogP contribution in [-0.4, -0.2) is 22.4 Å². The first-order valence-corrected chi connectivity index (χ1v) is 8.79. The van der Waals surface area contributed by atoms with Gasteiger partial charge in [0, 0.05) is 23.0 Å². The number of rotatable bonds is 9. The molecule has 0 heterocycles. The lowest BCUT2D eigenvalue weighted by molar-refractivity contribution is -0.121. The molecule has 0 rings (SSSR count). The number of hydrogen-bond acceptors (Lipinski definition) is 3. The van der Waals surface area contributed by atoms with Gasteiger partial charge < -0.3 is 5.32 Å². The molecule has 0 aliphatic heterocycles. The molecule has 0 atom stereocenters. The Labute approximate surface area is 114 Å². The van der Waals surface area contributed by atoms with Crippen molar-refractivity contribution < 1.29 is 4.79 Å². The van der Waals surface area contributed by atoms with Crippen molar-refractivity contribution in [1.29, 1.82) is 0 Å². The molecule has 102 valence electrons. The van der Waals surface area contributed by atoms with Crippen LogP contribution >= 0.6 is 21.6 Å². The molecule has 2 nitrogen and oxygen atoms in total. The SMILES string of the molecule is CCCCSSC(C)(C)CCC(=O)NC(C)C. The van der Waals surface area contributed by atoms with Gasteiger partial charge in [-0.2, -0.15) is 0 Å². The molecule has 0 radical (unpaired) electrons. The molecule has 0 aliphatic rings. The van der Waals surface area contributed by atoms with Crippen molar-refractivity contribution >= 4 is 27.5 Å². The highest BCUT2D eigenvalue weighted by Crippen LogP contribution is 2.39. The highest BCUT2D eigenvalue weighted by Gasteiger charge is 2.20. The van der Waals surface area contributed by atoms with Gasteiger partial charge in [-0.1, -0.05) is 34.9 Å². The number of amides is 1. The van der Waals surface area contributed by atoms with Gasteiger partial charge in [-0.25, -0.2) is 0 Å². The molecule has 0 spiro atoms. The van der Waals surface area contributed by atoms with E-state index in [0.717, 1.165) is 6.42 Å². The number of nitrogens with one attached hydrogen (secondary N) is 1. The van der Waals surface area contributed by atoms with E-state index in [1.165, 1.54) is 18.6 Å². The Hall–Kier alpha value is 0.170. The summed E-state index contributed by atoms with van der Waals surface area (Å²) in [6.45, 7) is 10.7. The fourth-order valence-corrected chi connectivity index (χ4v) is 4.06. The molecule has 17 heavy (non-hydrogen) atoms. The summed E-state index contributed by atoms with van der Waals surface area (Å²) in [6, 6.07) is 0.247. The van der Waals surface area contributed by atoms with E-state index in [-0.39, 0.29) is 16.7 Å². The third-order valence-corrected chi connectivity index (χ3v) is 5.71. The number of hydrogen-bond donors (Lipinski definition) is 1. The van der Waals surface area contributed by atoms with E-state index in [1.54, 1.807) is 0 Å². The summed E-state index contributed by atoms with van der Waals surface area (Å²) in [4.78, 5) is 11.5. The first kappa shape index (κ1) is 17.2. The molecular weight excluding hydrogens is 250 g/mol. The molecule has 1 N–H and O–H groups in total. The summed E-state index contributed by atoms with van der Waals surface area (Å²) in [6.07, 6.45) is 4.11. The maximum atomic E-state index is 11.5. The van der Waals surface area contributed by atoms with E-state index >= 15 is 0 Å². The molecule has 0 aliphatic carbocycles. The summed E-state index contributed by atoms with van der Waals surface area (Å²) < 4.78 is 0.187. The zero-order chi connectivity index (χ0) is 13.3. The third-order valence-electron chi connectivity index (χ3n) is 2.27. The van der Waals surface area contributed by atoms with Crippen LogP contribution in [0, 0.1) is 0 Å². The minimum Gasteiger partial charge on any atom is -0.354 e. The molecule has 0 fully saturated rings. The molecule has 0 aromatic rings. The zero-order valence-electron chi connectivity index (χ0n) is 11.8. The summed E-state index contributed by atoms with van der Waals surface area (Å²) >= 11 is 0. The summed E-state index contributed by atoms with van der Waals surface area (Å²) in [7, 11) is 3.85. The van der Waals surface area contributed by atoms with Crippen molar-refractivity contribution in [3.05, 3.63) is 0 Å². The third kappa shape index (κ3) is 11.0. The van der Waals surface area contributed by atoms with E-state index in [4.69, 9.17) is 0 Å². The predicted molar refractivity (Wildman–Crippen MR) is 81.5 cm³/mol. The van der Waals surface area contributed by atoms with Gasteiger partial charge >= 0.3 is 0 Å². The molecule has 0 aromatic carbocycles. The first-order valence-electron chi connectivity index (χ1n) is 6.47. The summed E-state index contributed by atoms with van der Waals surface area (Å²) in [5.74, 6) is 1.38. The normalized spacial score (nSPS) is 11.9. The second kappa shape index (κ2) is 9.15. The maximum absolute atomic E-state index is 11.5. The quantitative estimate of drug-likeness (QED) is 0.504. The average Bonchev–Trinajstić information content (AvgIpc) is 2.21. The van der Waals surface area contributed by atoms with Crippen molar-refractivity contribution in [3.63, 3.8) is 0 Å². The maximum Gasteiger partial charge on any atom is 0.220 e. The van der Waals surface area contributed by atoms with Crippen LogP contribution in [0.25, 0.3) is 0 Å². The van der Waals surface area contributed by atoms with E-state index in [9.17, 15) is 4.79 Å². The van der Waals surface area contributed by atoms with E-state index in [1.807, 2.05) is 35.4 Å². The van der Waals surface area contributed by atoms with Gasteiger partial charge in [-0.15, -0.1) is 0 Å². The lowest BCUT2D eigenvalue weighted by atomic mass is 10.1. The standard InChI is InChI=1S/C13H27NOS2/c1-6-7-10-16-17-13(4,5)9-8-12(15)14-11(2)3/h11H,6-10H2,1-5H3,(H,14,15). The van der Waals surface area contributed by atoms with Gasteiger partial charge in [-0.05, 0) is 40.5 Å². The van der Waals surface area contributed by atoms with Crippen LogP contribution in [0.2, 0.25) is 0 Å². The molecule has 0 saturated carbocycles. The van der Waals surface area contributed by atoms with Crippen LogP contribution in [0.15, 0.2) is 0 Å². The molecular formula is C13H27NOS2. The Balaban J connectivity index is 3.72. The first-order chi connectivity index (χ1) is 7.87. The molecule has 1 amide bonds. The van der Waals surface area contributed by atoms with Crippen molar-refractivity contribution in [1.82, 2.24) is 5.32 Å². The van der Waals surface area contributed by atoms with Crippen LogP contribution in [0.1, 0.15) is 60.3 Å². The Bertz CT molecular complexity index is 217. The Morgan fingerprint density at radius 1 is 1.35 bits per heavy atom. The minimum absolute atomic E-state index is 0.173. The average molecular weight is 277 g/mol. The molecule has 0 aromatic heterocycles. The highest BCUT2D eigenvalue weighted by atomic mass is 33.1. The van der Waals surface area contributed by atoms with Crippen LogP contribution in [0.5, 0.6) is 0 Å². The monoisotopic (exact) mass is 277 g/mol. The topological polar surface area (TPSA) is 29.1 Å². The van der Waals surface area contributed by atoms with Gasteiger partial charge in [-0.3, -0.25) is 4.79 Å². The molecule has 0 unspecified atom stereocenters. The second-order valence-electron chi connectivity index (χ2n) is 5.24. The van der Waals surface area contributed by atoms with Gasteiger partial charge in [0.15, 0.2) is 0 Å². The largest absolute Gasteiger partial charge is 0.354 e. The van der Waals surface area contributed by atoms with E-state index in [0.29, 0.717) is 6.42 Å². The Morgan fingerprint density at radius 3 is 2.53 bits per heavy atom. The second-order valence-corrected chi connectivity index (χ2v) is 8.36. The Morgan fingerprint density at radius 2 is 2.00 bits per heavy atom. The number of unbranched alkanes of at least 4 members (excludes halogenated alkanes) is 1.